The number of aliphatic hydroxyl groups excluding tert-OH is 1. The van der Waals surface area contributed by atoms with Gasteiger partial charge in [0.05, 0.1) is 42.2 Å². The SMILES string of the molecule is C/C=C(\C)C(OC(C)=O)C(C)C1=C(OC)C(=O)C2=C(OC3(C)CCC4OC(C(C)(C)O)CC(OC(C)=O)C4(C)C3C2O)C1=O. The van der Waals surface area contributed by atoms with Gasteiger partial charge in [-0.15, -0.1) is 0 Å². The van der Waals surface area contributed by atoms with Gasteiger partial charge in [0.1, 0.15) is 17.8 Å². The average molecular weight is 619 g/mol. The minimum absolute atomic E-state index is 0.00958. The lowest BCUT2D eigenvalue weighted by atomic mass is 9.51. The zero-order valence-corrected chi connectivity index (χ0v) is 27.3. The summed E-state index contributed by atoms with van der Waals surface area (Å²) in [7, 11) is 1.27. The Kier molecular flexibility index (Phi) is 9.02. The van der Waals surface area contributed by atoms with E-state index in [9.17, 15) is 29.4 Å². The Labute approximate surface area is 258 Å². The number of allylic oxidation sites excluding steroid dienone is 3. The Bertz CT molecular complexity index is 1330. The first kappa shape index (κ1) is 33.9. The molecule has 0 radical (unpaired) electrons. The summed E-state index contributed by atoms with van der Waals surface area (Å²) in [6.45, 7) is 14.6. The standard InChI is InChI=1S/C33H46O11/c1-11-15(2)27(42-18(5)35)16(3)22-24(36)29-23(25(37)28(22)40-10)26(38)30-32(8,44-29)13-12-19-33(30,9)21(41-17(4)34)14-20(43-19)31(6,7)39/h11,16,19-21,26-27,30,38-39H,12-14H2,1-10H3/b15-11+. The molecule has 2 aliphatic carbocycles. The first-order valence-electron chi connectivity index (χ1n) is 15.2. The molecule has 1 saturated heterocycles. The van der Waals surface area contributed by atoms with E-state index in [2.05, 4.69) is 0 Å². The number of fused-ring (bicyclic) bond motifs is 3. The van der Waals surface area contributed by atoms with E-state index in [4.69, 9.17) is 23.7 Å². The third-order valence-electron chi connectivity index (χ3n) is 10.1. The van der Waals surface area contributed by atoms with E-state index in [-0.39, 0.29) is 29.1 Å². The average Bonchev–Trinajstić information content (AvgIpc) is 2.91. The number of esters is 2. The number of ketones is 2. The predicted molar refractivity (Wildman–Crippen MR) is 157 cm³/mol. The highest BCUT2D eigenvalue weighted by Crippen LogP contribution is 2.60. The van der Waals surface area contributed by atoms with Gasteiger partial charge in [-0.3, -0.25) is 19.2 Å². The molecular formula is C33H46O11. The number of rotatable bonds is 7. The summed E-state index contributed by atoms with van der Waals surface area (Å²) in [5.41, 5.74) is -3.01. The number of methoxy groups -OCH3 is 1. The highest BCUT2D eigenvalue weighted by Gasteiger charge is 2.68. The highest BCUT2D eigenvalue weighted by molar-refractivity contribution is 6.24. The molecule has 0 aromatic heterocycles. The van der Waals surface area contributed by atoms with Gasteiger partial charge in [0, 0.05) is 37.5 Å². The molecule has 0 spiro atoms. The van der Waals surface area contributed by atoms with E-state index in [1.54, 1.807) is 47.6 Å². The Morgan fingerprint density at radius 2 is 1.75 bits per heavy atom. The van der Waals surface area contributed by atoms with Gasteiger partial charge >= 0.3 is 11.9 Å². The van der Waals surface area contributed by atoms with Crippen LogP contribution in [0.5, 0.6) is 0 Å². The number of hydrogen-bond donors (Lipinski definition) is 2. The smallest absolute Gasteiger partial charge is 0.303 e. The number of hydrogen-bond acceptors (Lipinski definition) is 11. The molecule has 0 aromatic rings. The van der Waals surface area contributed by atoms with Crippen LogP contribution in [0.1, 0.15) is 81.6 Å². The molecule has 2 N–H and O–H groups in total. The van der Waals surface area contributed by atoms with E-state index in [1.165, 1.54) is 21.0 Å². The number of aliphatic hydroxyl groups is 2. The topological polar surface area (TPSA) is 155 Å². The van der Waals surface area contributed by atoms with Crippen molar-refractivity contribution in [2.24, 2.45) is 17.3 Å². The second kappa shape index (κ2) is 11.7. The van der Waals surface area contributed by atoms with Crippen LogP contribution in [-0.2, 0) is 42.9 Å². The van der Waals surface area contributed by atoms with Gasteiger partial charge < -0.3 is 33.9 Å². The lowest BCUT2D eigenvalue weighted by Gasteiger charge is -2.63. The summed E-state index contributed by atoms with van der Waals surface area (Å²) in [6.07, 6.45) is -1.69. The minimum Gasteiger partial charge on any atom is -0.492 e. The largest absolute Gasteiger partial charge is 0.492 e. The normalized spacial score (nSPS) is 35.5. The Balaban J connectivity index is 1.82. The first-order chi connectivity index (χ1) is 20.3. The van der Waals surface area contributed by atoms with Crippen molar-refractivity contribution in [3.63, 3.8) is 0 Å². The first-order valence-corrected chi connectivity index (χ1v) is 15.2. The molecule has 4 rings (SSSR count). The van der Waals surface area contributed by atoms with Crippen LogP contribution in [0.4, 0.5) is 0 Å². The summed E-state index contributed by atoms with van der Waals surface area (Å²) in [5, 5.41) is 22.9. The second-order valence-electron chi connectivity index (χ2n) is 13.5. The second-order valence-corrected chi connectivity index (χ2v) is 13.5. The van der Waals surface area contributed by atoms with Gasteiger partial charge in [0.15, 0.2) is 11.5 Å². The van der Waals surface area contributed by atoms with E-state index in [0.29, 0.717) is 18.4 Å². The minimum atomic E-state index is -1.50. The zero-order chi connectivity index (χ0) is 33.1. The van der Waals surface area contributed by atoms with Gasteiger partial charge in [0.25, 0.3) is 0 Å². The quantitative estimate of drug-likeness (QED) is 0.245. The maximum absolute atomic E-state index is 14.2. The molecule has 9 unspecified atom stereocenters. The van der Waals surface area contributed by atoms with Gasteiger partial charge in [-0.25, -0.2) is 0 Å². The zero-order valence-electron chi connectivity index (χ0n) is 27.3. The predicted octanol–water partition coefficient (Wildman–Crippen LogP) is 3.25. The molecule has 2 fully saturated rings. The molecule has 2 heterocycles. The summed E-state index contributed by atoms with van der Waals surface area (Å²) >= 11 is 0. The van der Waals surface area contributed by atoms with Crippen molar-refractivity contribution in [1.82, 2.24) is 0 Å². The van der Waals surface area contributed by atoms with Crippen molar-refractivity contribution in [3.05, 3.63) is 34.3 Å². The molecule has 244 valence electrons. The molecule has 11 heteroatoms. The van der Waals surface area contributed by atoms with Gasteiger partial charge in [-0.1, -0.05) is 19.9 Å². The van der Waals surface area contributed by atoms with E-state index >= 15 is 0 Å². The number of ether oxygens (including phenoxy) is 5. The lowest BCUT2D eigenvalue weighted by molar-refractivity contribution is -0.293. The lowest BCUT2D eigenvalue weighted by Crippen LogP contribution is -2.70. The van der Waals surface area contributed by atoms with Crippen LogP contribution in [0.3, 0.4) is 0 Å². The molecule has 0 amide bonds. The molecule has 4 aliphatic rings. The van der Waals surface area contributed by atoms with Gasteiger partial charge in [0.2, 0.25) is 11.6 Å². The summed E-state index contributed by atoms with van der Waals surface area (Å²) in [6, 6.07) is 0. The van der Waals surface area contributed by atoms with Crippen LogP contribution in [0.25, 0.3) is 0 Å². The highest BCUT2D eigenvalue weighted by atomic mass is 16.6. The fraction of sp³-hybridized carbons (Fsp3) is 0.697. The fourth-order valence-electron chi connectivity index (χ4n) is 7.85. The summed E-state index contributed by atoms with van der Waals surface area (Å²) < 4.78 is 29.9. The van der Waals surface area contributed by atoms with Crippen molar-refractivity contribution < 1.29 is 53.1 Å². The third kappa shape index (κ3) is 5.41. The van der Waals surface area contributed by atoms with Crippen LogP contribution in [0.2, 0.25) is 0 Å². The molecule has 9 atom stereocenters. The monoisotopic (exact) mass is 618 g/mol. The number of Topliss-reactive ketones (excluding diaryl/α,β-unsaturated/α-hetero) is 2. The van der Waals surface area contributed by atoms with Crippen molar-refractivity contribution in [2.45, 2.75) is 123 Å². The molecule has 11 nitrogen and oxygen atoms in total. The van der Waals surface area contributed by atoms with Gasteiger partial charge in [-0.05, 0) is 53.0 Å². The van der Waals surface area contributed by atoms with Crippen molar-refractivity contribution in [2.75, 3.05) is 7.11 Å². The van der Waals surface area contributed by atoms with Gasteiger partial charge in [-0.2, -0.15) is 0 Å². The Morgan fingerprint density at radius 1 is 1.11 bits per heavy atom. The number of carbonyl (C=O) groups is 4. The molecule has 0 bridgehead atoms. The van der Waals surface area contributed by atoms with Crippen molar-refractivity contribution in [3.8, 4) is 0 Å². The van der Waals surface area contributed by atoms with E-state index < -0.39 is 82.5 Å². The number of carbonyl (C=O) groups excluding carboxylic acids is 4. The molecule has 44 heavy (non-hydrogen) atoms. The maximum Gasteiger partial charge on any atom is 0.303 e. The van der Waals surface area contributed by atoms with E-state index in [1.807, 2.05) is 6.92 Å². The molecular weight excluding hydrogens is 572 g/mol. The van der Waals surface area contributed by atoms with Crippen molar-refractivity contribution >= 4 is 23.5 Å². The van der Waals surface area contributed by atoms with Crippen LogP contribution < -0.4 is 0 Å². The van der Waals surface area contributed by atoms with Crippen LogP contribution in [-0.4, -0.2) is 82.5 Å². The Hall–Kier alpha value is -3.02. The molecule has 1 saturated carbocycles. The van der Waals surface area contributed by atoms with Crippen LogP contribution in [0.15, 0.2) is 34.3 Å². The Morgan fingerprint density at radius 3 is 2.27 bits per heavy atom. The summed E-state index contributed by atoms with van der Waals surface area (Å²) in [5.74, 6) is -4.57. The summed E-state index contributed by atoms with van der Waals surface area (Å²) in [4.78, 5) is 52.7. The molecule has 0 aromatic carbocycles. The third-order valence-corrected chi connectivity index (χ3v) is 10.1. The van der Waals surface area contributed by atoms with Crippen LogP contribution >= 0.6 is 0 Å². The molecule has 2 aliphatic heterocycles. The van der Waals surface area contributed by atoms with Crippen LogP contribution in [0, 0.1) is 17.3 Å². The van der Waals surface area contributed by atoms with E-state index in [0.717, 1.165) is 0 Å². The fourth-order valence-corrected chi connectivity index (χ4v) is 7.85. The van der Waals surface area contributed by atoms with Crippen molar-refractivity contribution in [1.29, 1.82) is 0 Å². The maximum atomic E-state index is 14.2.